The van der Waals surface area contributed by atoms with Gasteiger partial charge >= 0.3 is 5.97 Å². The third-order valence-corrected chi connectivity index (χ3v) is 4.92. The van der Waals surface area contributed by atoms with Crippen molar-refractivity contribution in [3.63, 3.8) is 0 Å². The molecule has 0 bridgehead atoms. The Bertz CT molecular complexity index is 608. The molecule has 2 amide bonds. The molecule has 1 heterocycles. The first kappa shape index (κ1) is 19.3. The van der Waals surface area contributed by atoms with Gasteiger partial charge in [-0.1, -0.05) is 18.2 Å². The van der Waals surface area contributed by atoms with Crippen molar-refractivity contribution in [1.29, 1.82) is 0 Å². The van der Waals surface area contributed by atoms with Crippen molar-refractivity contribution >= 4 is 29.5 Å². The molecule has 0 radical (unpaired) electrons. The lowest BCUT2D eigenvalue weighted by molar-refractivity contribution is -0.154. The molecule has 2 unspecified atom stereocenters. The van der Waals surface area contributed by atoms with Crippen LogP contribution in [0.1, 0.15) is 30.6 Å². The second-order valence-electron chi connectivity index (χ2n) is 5.87. The van der Waals surface area contributed by atoms with Crippen LogP contribution in [0.25, 0.3) is 0 Å². The van der Waals surface area contributed by atoms with E-state index in [9.17, 15) is 14.4 Å². The van der Waals surface area contributed by atoms with Gasteiger partial charge in [-0.2, -0.15) is 11.8 Å². The molecule has 1 aromatic carbocycles. The number of nitrogens with zero attached hydrogens (tertiary/aromatic N) is 1. The number of hydrogen-bond acceptors (Lipinski definition) is 5. The summed E-state index contributed by atoms with van der Waals surface area (Å²) < 4.78 is 5.07. The smallest absolute Gasteiger partial charge is 0.329 e. The van der Waals surface area contributed by atoms with Crippen LogP contribution < -0.4 is 5.32 Å². The molecular weight excluding hydrogens is 340 g/mol. The monoisotopic (exact) mass is 364 g/mol. The van der Waals surface area contributed by atoms with Gasteiger partial charge < -0.3 is 15.0 Å². The lowest BCUT2D eigenvalue weighted by Gasteiger charge is -2.34. The third-order valence-electron chi connectivity index (χ3n) is 3.90. The molecule has 2 atom stereocenters. The van der Waals surface area contributed by atoms with Gasteiger partial charge in [-0.05, 0) is 26.0 Å². The Hall–Kier alpha value is -2.02. The zero-order valence-corrected chi connectivity index (χ0v) is 15.4. The lowest BCUT2D eigenvalue weighted by atomic mass is 10.1. The number of nitrogens with one attached hydrogen (secondary N) is 1. The van der Waals surface area contributed by atoms with E-state index in [1.54, 1.807) is 54.8 Å². The third kappa shape index (κ3) is 5.49. The van der Waals surface area contributed by atoms with Crippen LogP contribution in [-0.4, -0.2) is 59.4 Å². The first-order valence-corrected chi connectivity index (χ1v) is 9.58. The van der Waals surface area contributed by atoms with E-state index in [1.807, 2.05) is 6.07 Å². The quantitative estimate of drug-likeness (QED) is 0.778. The number of carbonyl (C=O) groups is 3. The van der Waals surface area contributed by atoms with Crippen molar-refractivity contribution in [1.82, 2.24) is 10.2 Å². The van der Waals surface area contributed by atoms with Crippen LogP contribution >= 0.6 is 11.8 Å². The molecule has 1 aliphatic heterocycles. The standard InChI is InChI=1S/C18H24N2O4S/c1-3-24-18(23)15-12-25-10-9-20(15)16(21)11-13(2)19-17(22)14-7-5-4-6-8-14/h4-8,13,15H,3,9-12H2,1-2H3,(H,19,22). The first-order chi connectivity index (χ1) is 12.0. The molecule has 0 aliphatic carbocycles. The molecule has 7 heteroatoms. The molecule has 1 fully saturated rings. The summed E-state index contributed by atoms with van der Waals surface area (Å²) in [4.78, 5) is 38.4. The highest BCUT2D eigenvalue weighted by molar-refractivity contribution is 7.99. The summed E-state index contributed by atoms with van der Waals surface area (Å²) in [6.45, 7) is 4.36. The summed E-state index contributed by atoms with van der Waals surface area (Å²) in [5, 5.41) is 2.83. The van der Waals surface area contributed by atoms with Crippen molar-refractivity contribution in [2.75, 3.05) is 24.7 Å². The number of hydrogen-bond donors (Lipinski definition) is 1. The zero-order valence-electron chi connectivity index (χ0n) is 14.6. The predicted molar refractivity (Wildman–Crippen MR) is 97.4 cm³/mol. The SMILES string of the molecule is CCOC(=O)C1CSCCN1C(=O)CC(C)NC(=O)c1ccccc1. The molecule has 1 saturated heterocycles. The van der Waals surface area contributed by atoms with Crippen LogP contribution in [0, 0.1) is 0 Å². The summed E-state index contributed by atoms with van der Waals surface area (Å²) >= 11 is 1.64. The Morgan fingerprint density at radius 3 is 2.72 bits per heavy atom. The van der Waals surface area contributed by atoms with Gasteiger partial charge in [-0.25, -0.2) is 4.79 Å². The maximum atomic E-state index is 12.6. The maximum absolute atomic E-state index is 12.6. The van der Waals surface area contributed by atoms with Crippen LogP contribution in [0.2, 0.25) is 0 Å². The van der Waals surface area contributed by atoms with E-state index in [1.165, 1.54) is 0 Å². The highest BCUT2D eigenvalue weighted by Gasteiger charge is 2.34. The van der Waals surface area contributed by atoms with Gasteiger partial charge in [0.15, 0.2) is 0 Å². The molecule has 1 N–H and O–H groups in total. The number of thioether (sulfide) groups is 1. The molecule has 0 aromatic heterocycles. The van der Waals surface area contributed by atoms with E-state index >= 15 is 0 Å². The fourth-order valence-electron chi connectivity index (χ4n) is 2.66. The summed E-state index contributed by atoms with van der Waals surface area (Å²) in [7, 11) is 0. The number of amides is 2. The second kappa shape index (κ2) is 9.46. The summed E-state index contributed by atoms with van der Waals surface area (Å²) in [5.41, 5.74) is 0.556. The fraction of sp³-hybridized carbons (Fsp3) is 0.500. The Labute approximate surface area is 152 Å². The van der Waals surface area contributed by atoms with Crippen molar-refractivity contribution in [2.24, 2.45) is 0 Å². The number of carbonyl (C=O) groups excluding carboxylic acids is 3. The van der Waals surface area contributed by atoms with Gasteiger partial charge in [0.2, 0.25) is 5.91 Å². The fourth-order valence-corrected chi connectivity index (χ4v) is 3.69. The van der Waals surface area contributed by atoms with E-state index in [4.69, 9.17) is 4.74 Å². The highest BCUT2D eigenvalue weighted by Crippen LogP contribution is 2.19. The molecule has 136 valence electrons. The molecule has 1 aliphatic rings. The van der Waals surface area contributed by atoms with Crippen LogP contribution in [0.3, 0.4) is 0 Å². The summed E-state index contributed by atoms with van der Waals surface area (Å²) in [6, 6.07) is 8.01. The van der Waals surface area contributed by atoms with Crippen molar-refractivity contribution < 1.29 is 19.1 Å². The number of ether oxygens (including phenoxy) is 1. The minimum atomic E-state index is -0.539. The average molecular weight is 364 g/mol. The molecule has 0 saturated carbocycles. The van der Waals surface area contributed by atoms with E-state index < -0.39 is 6.04 Å². The van der Waals surface area contributed by atoms with Gasteiger partial charge in [0.05, 0.1) is 6.61 Å². The number of esters is 1. The predicted octanol–water partition coefficient (Wildman–Crippen LogP) is 1.70. The van der Waals surface area contributed by atoms with Gasteiger partial charge in [0.1, 0.15) is 6.04 Å². The highest BCUT2D eigenvalue weighted by atomic mass is 32.2. The Kier molecular flexibility index (Phi) is 7.31. The molecular formula is C18H24N2O4S. The Balaban J connectivity index is 1.92. The van der Waals surface area contributed by atoms with Crippen molar-refractivity contribution in [3.8, 4) is 0 Å². The normalized spacial score (nSPS) is 18.3. The van der Waals surface area contributed by atoms with Gasteiger partial charge in [-0.3, -0.25) is 9.59 Å². The molecule has 1 aromatic rings. The largest absolute Gasteiger partial charge is 0.464 e. The van der Waals surface area contributed by atoms with Gasteiger partial charge in [0.25, 0.3) is 5.91 Å². The molecule has 6 nitrogen and oxygen atoms in total. The first-order valence-electron chi connectivity index (χ1n) is 8.42. The second-order valence-corrected chi connectivity index (χ2v) is 7.02. The minimum Gasteiger partial charge on any atom is -0.464 e. The van der Waals surface area contributed by atoms with Crippen LogP contribution in [0.15, 0.2) is 30.3 Å². The Morgan fingerprint density at radius 1 is 1.32 bits per heavy atom. The zero-order chi connectivity index (χ0) is 18.2. The molecule has 2 rings (SSSR count). The van der Waals surface area contributed by atoms with Crippen LogP contribution in [-0.2, 0) is 14.3 Å². The summed E-state index contributed by atoms with van der Waals surface area (Å²) in [5.74, 6) is 0.641. The lowest BCUT2D eigenvalue weighted by Crippen LogP contribution is -2.52. The van der Waals surface area contributed by atoms with Gasteiger partial charge in [0, 0.05) is 36.1 Å². The maximum Gasteiger partial charge on any atom is 0.329 e. The number of rotatable bonds is 6. The molecule has 0 spiro atoms. The van der Waals surface area contributed by atoms with Crippen LogP contribution in [0.4, 0.5) is 0 Å². The van der Waals surface area contributed by atoms with E-state index in [2.05, 4.69) is 5.32 Å². The average Bonchev–Trinajstić information content (AvgIpc) is 2.62. The van der Waals surface area contributed by atoms with E-state index in [0.29, 0.717) is 24.5 Å². The van der Waals surface area contributed by atoms with Gasteiger partial charge in [-0.15, -0.1) is 0 Å². The summed E-state index contributed by atoms with van der Waals surface area (Å²) in [6.07, 6.45) is 0.152. The van der Waals surface area contributed by atoms with E-state index in [-0.39, 0.29) is 30.2 Å². The van der Waals surface area contributed by atoms with Crippen molar-refractivity contribution in [3.05, 3.63) is 35.9 Å². The minimum absolute atomic E-state index is 0.140. The van der Waals surface area contributed by atoms with Crippen LogP contribution in [0.5, 0.6) is 0 Å². The topological polar surface area (TPSA) is 75.7 Å². The number of benzene rings is 1. The van der Waals surface area contributed by atoms with E-state index in [0.717, 1.165) is 5.75 Å². The molecule has 25 heavy (non-hydrogen) atoms. The Morgan fingerprint density at radius 2 is 2.04 bits per heavy atom. The van der Waals surface area contributed by atoms with Crippen molar-refractivity contribution in [2.45, 2.75) is 32.4 Å².